The van der Waals surface area contributed by atoms with Gasteiger partial charge in [-0.2, -0.15) is 8.42 Å². The summed E-state index contributed by atoms with van der Waals surface area (Å²) in [5, 5.41) is 46.3. The van der Waals surface area contributed by atoms with Crippen molar-refractivity contribution in [2.24, 2.45) is 0 Å². The van der Waals surface area contributed by atoms with Gasteiger partial charge in [-0.25, -0.2) is 4.18 Å². The summed E-state index contributed by atoms with van der Waals surface area (Å²) in [5.41, 5.74) is 0. The maximum Gasteiger partial charge on any atom is 0.397 e. The average molecular weight is 409 g/mol. The van der Waals surface area contributed by atoms with Gasteiger partial charge in [0.15, 0.2) is 0 Å². The molecule has 26 heavy (non-hydrogen) atoms. The Labute approximate surface area is 154 Å². The van der Waals surface area contributed by atoms with Gasteiger partial charge in [0.25, 0.3) is 0 Å². The highest BCUT2D eigenvalue weighted by molar-refractivity contribution is 7.80. The normalized spacial score (nSPS) is 12.2. The molecule has 0 saturated heterocycles. The number of hydrogen-bond donors (Lipinski definition) is 8. The molecular formula is C14H35NO10S. The Balaban J connectivity index is -0.000000498. The van der Waals surface area contributed by atoms with Crippen molar-refractivity contribution >= 4 is 10.4 Å². The molecule has 0 aliphatic heterocycles. The standard InChI is InChI=1S/C12H26O4S.C2H6O6.H3N/c1-2-3-4-5-6-7-8-9-10-11-12-16-17(13,14)15;3-1(4,5)2(6,7)8;/h2-12H2,1H3,(H,13,14,15);3-8H;1H3. The maximum atomic E-state index is 10.2. The van der Waals surface area contributed by atoms with Gasteiger partial charge < -0.3 is 36.8 Å². The Hall–Kier alpha value is -0.410. The molecule has 0 aromatic heterocycles. The molecule has 11 nitrogen and oxygen atoms in total. The molecule has 0 spiro atoms. The van der Waals surface area contributed by atoms with Gasteiger partial charge in [0, 0.05) is 0 Å². The molecular weight excluding hydrogens is 374 g/mol. The fourth-order valence-corrected chi connectivity index (χ4v) is 2.08. The van der Waals surface area contributed by atoms with E-state index in [1.54, 1.807) is 0 Å². The van der Waals surface area contributed by atoms with Gasteiger partial charge in [-0.3, -0.25) is 4.55 Å². The van der Waals surface area contributed by atoms with Crippen LogP contribution in [-0.4, -0.2) is 62.2 Å². The highest BCUT2D eigenvalue weighted by Crippen LogP contribution is 2.10. The molecule has 0 rings (SSSR count). The van der Waals surface area contributed by atoms with E-state index in [1.165, 1.54) is 44.9 Å². The first-order valence-corrected chi connectivity index (χ1v) is 9.64. The minimum atomic E-state index is -4.23. The van der Waals surface area contributed by atoms with Crippen LogP contribution in [0.25, 0.3) is 0 Å². The molecule has 0 aromatic rings. The Morgan fingerprint density at radius 3 is 1.27 bits per heavy atom. The van der Waals surface area contributed by atoms with Crippen LogP contribution in [0, 0.1) is 0 Å². The Morgan fingerprint density at radius 1 is 0.692 bits per heavy atom. The van der Waals surface area contributed by atoms with E-state index in [4.69, 9.17) is 35.2 Å². The summed E-state index contributed by atoms with van der Waals surface area (Å²) in [6.45, 7) is 2.31. The van der Waals surface area contributed by atoms with Crippen molar-refractivity contribution in [2.45, 2.75) is 83.1 Å². The molecule has 0 bridgehead atoms. The number of hydrogen-bond acceptors (Lipinski definition) is 10. The van der Waals surface area contributed by atoms with E-state index in [9.17, 15) is 8.42 Å². The first-order chi connectivity index (χ1) is 11.3. The van der Waals surface area contributed by atoms with E-state index in [-0.39, 0.29) is 12.8 Å². The van der Waals surface area contributed by atoms with E-state index in [0.717, 1.165) is 12.8 Å². The molecule has 162 valence electrons. The summed E-state index contributed by atoms with van der Waals surface area (Å²) >= 11 is 0. The topological polar surface area (TPSA) is 220 Å². The van der Waals surface area contributed by atoms with Crippen molar-refractivity contribution in [3.05, 3.63) is 0 Å². The molecule has 0 atom stereocenters. The highest BCUT2D eigenvalue weighted by atomic mass is 32.3. The van der Waals surface area contributed by atoms with Crippen LogP contribution in [0.15, 0.2) is 0 Å². The molecule has 0 fully saturated rings. The van der Waals surface area contributed by atoms with E-state index in [0.29, 0.717) is 6.42 Å². The first-order valence-electron chi connectivity index (χ1n) is 8.27. The second-order valence-corrected chi connectivity index (χ2v) is 6.79. The quantitative estimate of drug-likeness (QED) is 0.116. The SMILES string of the molecule is CCCCCCCCCCCCOS(=O)(=O)O.N.OC(O)(O)C(O)(O)O. The van der Waals surface area contributed by atoms with E-state index in [1.807, 2.05) is 0 Å². The lowest BCUT2D eigenvalue weighted by molar-refractivity contribution is -0.512. The van der Waals surface area contributed by atoms with Crippen molar-refractivity contribution in [1.82, 2.24) is 6.15 Å². The average Bonchev–Trinajstić information content (AvgIpc) is 2.42. The third-order valence-corrected chi connectivity index (χ3v) is 3.64. The van der Waals surface area contributed by atoms with Gasteiger partial charge in [0.1, 0.15) is 0 Å². The van der Waals surface area contributed by atoms with Gasteiger partial charge >= 0.3 is 22.3 Å². The second-order valence-electron chi connectivity index (χ2n) is 5.70. The number of rotatable bonds is 13. The molecule has 0 radical (unpaired) electrons. The van der Waals surface area contributed by atoms with Crippen LogP contribution in [0.1, 0.15) is 71.1 Å². The van der Waals surface area contributed by atoms with Crippen LogP contribution in [-0.2, 0) is 14.6 Å². The van der Waals surface area contributed by atoms with Crippen LogP contribution in [0.5, 0.6) is 0 Å². The maximum absolute atomic E-state index is 10.2. The summed E-state index contributed by atoms with van der Waals surface area (Å²) in [6, 6.07) is 0. The Bertz CT molecular complexity index is 391. The van der Waals surface area contributed by atoms with E-state index < -0.39 is 22.3 Å². The second kappa shape index (κ2) is 15.6. The number of unbranched alkanes of at least 4 members (excludes halogenated alkanes) is 9. The zero-order chi connectivity index (χ0) is 20.0. The van der Waals surface area contributed by atoms with Gasteiger partial charge in [-0.05, 0) is 6.42 Å². The van der Waals surface area contributed by atoms with E-state index in [2.05, 4.69) is 11.1 Å². The number of aliphatic hydroxyl groups is 6. The summed E-state index contributed by atoms with van der Waals surface area (Å²) < 4.78 is 33.0. The zero-order valence-corrected chi connectivity index (χ0v) is 16.1. The largest absolute Gasteiger partial charge is 0.397 e. The molecule has 12 heteroatoms. The van der Waals surface area contributed by atoms with Crippen LogP contribution in [0.2, 0.25) is 0 Å². The smallest absolute Gasteiger partial charge is 0.344 e. The van der Waals surface area contributed by atoms with Crippen LogP contribution >= 0.6 is 0 Å². The molecule has 0 aliphatic carbocycles. The minimum Gasteiger partial charge on any atom is -0.344 e. The van der Waals surface area contributed by atoms with Crippen molar-refractivity contribution in [3.8, 4) is 0 Å². The van der Waals surface area contributed by atoms with Gasteiger partial charge in [0.2, 0.25) is 0 Å². The summed E-state index contributed by atoms with van der Waals surface area (Å²) in [6.07, 6.45) is 11.9. The predicted molar refractivity (Wildman–Crippen MR) is 93.1 cm³/mol. The van der Waals surface area contributed by atoms with E-state index >= 15 is 0 Å². The third kappa shape index (κ3) is 23.6. The molecule has 0 heterocycles. The lowest BCUT2D eigenvalue weighted by Crippen LogP contribution is -2.54. The van der Waals surface area contributed by atoms with Crippen LogP contribution in [0.3, 0.4) is 0 Å². The predicted octanol–water partition coefficient (Wildman–Crippen LogP) is 0.137. The monoisotopic (exact) mass is 409 g/mol. The molecule has 0 aromatic carbocycles. The van der Waals surface area contributed by atoms with Gasteiger partial charge in [0.05, 0.1) is 6.61 Å². The Morgan fingerprint density at radius 2 is 1.00 bits per heavy atom. The molecule has 0 saturated carbocycles. The van der Waals surface area contributed by atoms with Crippen LogP contribution in [0.4, 0.5) is 0 Å². The summed E-state index contributed by atoms with van der Waals surface area (Å²) in [5.74, 6) is -7.79. The molecule has 10 N–H and O–H groups in total. The minimum absolute atomic E-state index is 0. The lowest BCUT2D eigenvalue weighted by Gasteiger charge is -2.23. The van der Waals surface area contributed by atoms with Crippen LogP contribution < -0.4 is 6.15 Å². The summed E-state index contributed by atoms with van der Waals surface area (Å²) in [7, 11) is -4.23. The van der Waals surface area contributed by atoms with Crippen molar-refractivity contribution in [1.29, 1.82) is 0 Å². The lowest BCUT2D eigenvalue weighted by atomic mass is 10.1. The van der Waals surface area contributed by atoms with Gasteiger partial charge in [-0.15, -0.1) is 0 Å². The van der Waals surface area contributed by atoms with Gasteiger partial charge in [-0.1, -0.05) is 64.7 Å². The Kier molecular flexibility index (Phi) is 18.2. The fourth-order valence-electron chi connectivity index (χ4n) is 1.75. The van der Waals surface area contributed by atoms with Crippen molar-refractivity contribution in [2.75, 3.05) is 6.61 Å². The van der Waals surface area contributed by atoms with Crippen molar-refractivity contribution in [3.63, 3.8) is 0 Å². The third-order valence-electron chi connectivity index (χ3n) is 3.18. The first kappa shape index (κ1) is 30.3. The zero-order valence-electron chi connectivity index (χ0n) is 15.2. The van der Waals surface area contributed by atoms with Crippen molar-refractivity contribution < 1.29 is 47.8 Å². The molecule has 0 aliphatic rings. The fraction of sp³-hybridized carbons (Fsp3) is 1.00. The highest BCUT2D eigenvalue weighted by Gasteiger charge is 2.44. The molecule has 0 unspecified atom stereocenters. The molecule has 0 amide bonds. The summed E-state index contributed by atoms with van der Waals surface area (Å²) in [4.78, 5) is 0.